The molecule has 0 aliphatic heterocycles. The highest BCUT2D eigenvalue weighted by atomic mass is 79.9. The van der Waals surface area contributed by atoms with Crippen molar-refractivity contribution >= 4 is 26.0 Å². The smallest absolute Gasteiger partial charge is 0.207 e. The second-order valence-corrected chi connectivity index (χ2v) is 7.74. The van der Waals surface area contributed by atoms with Gasteiger partial charge < -0.3 is 0 Å². The predicted octanol–water partition coefficient (Wildman–Crippen LogP) is 3.67. The summed E-state index contributed by atoms with van der Waals surface area (Å²) in [4.78, 5) is 0.174. The summed E-state index contributed by atoms with van der Waals surface area (Å²) in [6, 6.07) is 2.49. The first kappa shape index (κ1) is 17.6. The topological polar surface area (TPSA) is 46.2 Å². The van der Waals surface area contributed by atoms with Crippen LogP contribution in [0.15, 0.2) is 17.0 Å². The lowest BCUT2D eigenvalue weighted by Crippen LogP contribution is -2.46. The van der Waals surface area contributed by atoms with Crippen molar-refractivity contribution in [1.29, 1.82) is 0 Å². The number of halogens is 2. The van der Waals surface area contributed by atoms with E-state index in [4.69, 9.17) is 0 Å². The Morgan fingerprint density at radius 2 is 1.80 bits per heavy atom. The van der Waals surface area contributed by atoms with Gasteiger partial charge in [-0.3, -0.25) is 0 Å². The number of nitrogens with one attached hydrogen (secondary N) is 1. The standard InChI is InChI=1S/C14H21BrFNO2S/c1-5-14(4,6-7-15)17-20(18,19)13-10(2)8-12(16)9-11(13)3/h8-9,17H,5-7H2,1-4H3. The van der Waals surface area contributed by atoms with Gasteiger partial charge in [0.25, 0.3) is 0 Å². The summed E-state index contributed by atoms with van der Waals surface area (Å²) in [6.45, 7) is 7.03. The SMILES string of the molecule is CCC(C)(CCBr)NS(=O)(=O)c1c(C)cc(F)cc1C. The summed E-state index contributed by atoms with van der Waals surface area (Å²) in [5.41, 5.74) is 0.329. The number of aryl methyl sites for hydroxylation is 2. The number of rotatable bonds is 6. The minimum absolute atomic E-state index is 0.174. The first-order chi connectivity index (χ1) is 9.15. The molecule has 0 bridgehead atoms. The molecule has 6 heteroatoms. The van der Waals surface area contributed by atoms with Crippen LogP contribution in [0.1, 0.15) is 37.8 Å². The summed E-state index contributed by atoms with van der Waals surface area (Å²) in [5, 5.41) is 0.710. The Hall–Kier alpha value is -0.460. The van der Waals surface area contributed by atoms with Gasteiger partial charge in [-0.25, -0.2) is 17.5 Å². The van der Waals surface area contributed by atoms with Crippen LogP contribution in [0.4, 0.5) is 4.39 Å². The number of alkyl halides is 1. The molecule has 1 aromatic carbocycles. The van der Waals surface area contributed by atoms with Crippen molar-refractivity contribution in [2.45, 2.75) is 51.0 Å². The minimum Gasteiger partial charge on any atom is -0.207 e. The van der Waals surface area contributed by atoms with Crippen LogP contribution in [0.3, 0.4) is 0 Å². The Balaban J connectivity index is 3.25. The highest BCUT2D eigenvalue weighted by molar-refractivity contribution is 9.09. The first-order valence-electron chi connectivity index (χ1n) is 6.52. The molecule has 0 radical (unpaired) electrons. The van der Waals surface area contributed by atoms with E-state index in [9.17, 15) is 12.8 Å². The third-order valence-corrected chi connectivity index (χ3v) is 5.84. The fraction of sp³-hybridized carbons (Fsp3) is 0.571. The molecule has 1 aromatic rings. The van der Waals surface area contributed by atoms with Crippen molar-refractivity contribution in [3.8, 4) is 0 Å². The molecular weight excluding hydrogens is 345 g/mol. The van der Waals surface area contributed by atoms with Gasteiger partial charge in [0.05, 0.1) is 4.90 Å². The van der Waals surface area contributed by atoms with E-state index in [1.165, 1.54) is 12.1 Å². The van der Waals surface area contributed by atoms with E-state index in [0.717, 1.165) is 0 Å². The normalized spacial score (nSPS) is 15.1. The summed E-state index contributed by atoms with van der Waals surface area (Å²) in [7, 11) is -3.67. The van der Waals surface area contributed by atoms with E-state index in [2.05, 4.69) is 20.7 Å². The average molecular weight is 366 g/mol. The van der Waals surface area contributed by atoms with Gasteiger partial charge in [-0.05, 0) is 56.9 Å². The molecule has 1 rings (SSSR count). The first-order valence-corrected chi connectivity index (χ1v) is 9.12. The van der Waals surface area contributed by atoms with Gasteiger partial charge >= 0.3 is 0 Å². The Morgan fingerprint density at radius 3 is 2.20 bits per heavy atom. The zero-order valence-electron chi connectivity index (χ0n) is 12.3. The zero-order valence-corrected chi connectivity index (χ0v) is 14.7. The monoisotopic (exact) mass is 365 g/mol. The molecule has 0 aliphatic carbocycles. The van der Waals surface area contributed by atoms with Crippen LogP contribution in [0.5, 0.6) is 0 Å². The molecule has 0 amide bonds. The van der Waals surface area contributed by atoms with E-state index in [-0.39, 0.29) is 4.90 Å². The number of hydrogen-bond acceptors (Lipinski definition) is 2. The predicted molar refractivity (Wildman–Crippen MR) is 83.3 cm³/mol. The van der Waals surface area contributed by atoms with Gasteiger partial charge in [0, 0.05) is 10.9 Å². The second-order valence-electron chi connectivity index (χ2n) is 5.33. The maximum atomic E-state index is 13.3. The molecule has 1 unspecified atom stereocenters. The molecule has 0 spiro atoms. The van der Waals surface area contributed by atoms with E-state index >= 15 is 0 Å². The second kappa shape index (κ2) is 6.54. The van der Waals surface area contributed by atoms with Crippen LogP contribution >= 0.6 is 15.9 Å². The van der Waals surface area contributed by atoms with Crippen molar-refractivity contribution in [2.75, 3.05) is 5.33 Å². The van der Waals surface area contributed by atoms with Crippen LogP contribution < -0.4 is 4.72 Å². The molecule has 3 nitrogen and oxygen atoms in total. The molecule has 1 N–H and O–H groups in total. The van der Waals surface area contributed by atoms with E-state index in [0.29, 0.717) is 29.3 Å². The Kier molecular flexibility index (Phi) is 5.75. The lowest BCUT2D eigenvalue weighted by Gasteiger charge is -2.29. The lowest BCUT2D eigenvalue weighted by atomic mass is 9.98. The summed E-state index contributed by atoms with van der Waals surface area (Å²) in [6.07, 6.45) is 1.36. The van der Waals surface area contributed by atoms with Crippen molar-refractivity contribution < 1.29 is 12.8 Å². The molecular formula is C14H21BrFNO2S. The number of benzene rings is 1. The molecule has 1 atom stereocenters. The number of sulfonamides is 1. The summed E-state index contributed by atoms with van der Waals surface area (Å²) < 4.78 is 41.2. The van der Waals surface area contributed by atoms with Crippen LogP contribution in [0.2, 0.25) is 0 Å². The molecule has 20 heavy (non-hydrogen) atoms. The van der Waals surface area contributed by atoms with Crippen LogP contribution in [0, 0.1) is 19.7 Å². The highest BCUT2D eigenvalue weighted by Gasteiger charge is 2.30. The third kappa shape index (κ3) is 4.02. The van der Waals surface area contributed by atoms with Crippen LogP contribution in [-0.4, -0.2) is 19.3 Å². The molecule has 0 saturated carbocycles. The van der Waals surface area contributed by atoms with Gasteiger partial charge in [-0.1, -0.05) is 22.9 Å². The highest BCUT2D eigenvalue weighted by Crippen LogP contribution is 2.25. The molecule has 0 heterocycles. The summed E-state index contributed by atoms with van der Waals surface area (Å²) in [5.74, 6) is -0.419. The van der Waals surface area contributed by atoms with Gasteiger partial charge in [0.1, 0.15) is 5.82 Å². The van der Waals surface area contributed by atoms with Crippen LogP contribution in [0.25, 0.3) is 0 Å². The van der Waals surface area contributed by atoms with E-state index < -0.39 is 21.4 Å². The van der Waals surface area contributed by atoms with Crippen molar-refractivity contribution in [1.82, 2.24) is 4.72 Å². The molecule has 0 aromatic heterocycles. The molecule has 0 fully saturated rings. The van der Waals surface area contributed by atoms with Gasteiger partial charge in [0.15, 0.2) is 0 Å². The maximum absolute atomic E-state index is 13.3. The summed E-state index contributed by atoms with van der Waals surface area (Å²) >= 11 is 3.34. The van der Waals surface area contributed by atoms with Gasteiger partial charge in [-0.15, -0.1) is 0 Å². The van der Waals surface area contributed by atoms with E-state index in [1.54, 1.807) is 13.8 Å². The molecule has 0 aliphatic rings. The third-order valence-electron chi connectivity index (χ3n) is 3.50. The van der Waals surface area contributed by atoms with Gasteiger partial charge in [0.2, 0.25) is 10.0 Å². The van der Waals surface area contributed by atoms with Crippen LogP contribution in [-0.2, 0) is 10.0 Å². The maximum Gasteiger partial charge on any atom is 0.241 e. The fourth-order valence-electron chi connectivity index (χ4n) is 2.21. The zero-order chi connectivity index (χ0) is 15.6. The van der Waals surface area contributed by atoms with Crippen molar-refractivity contribution in [3.05, 3.63) is 29.1 Å². The minimum atomic E-state index is -3.67. The van der Waals surface area contributed by atoms with Crippen molar-refractivity contribution in [2.24, 2.45) is 0 Å². The Labute approximate surface area is 129 Å². The fourth-order valence-corrected chi connectivity index (χ4v) is 5.04. The van der Waals surface area contributed by atoms with Gasteiger partial charge in [-0.2, -0.15) is 0 Å². The largest absolute Gasteiger partial charge is 0.241 e. The number of hydrogen-bond donors (Lipinski definition) is 1. The van der Waals surface area contributed by atoms with Crippen molar-refractivity contribution in [3.63, 3.8) is 0 Å². The Bertz CT molecular complexity index is 566. The van der Waals surface area contributed by atoms with E-state index in [1.807, 2.05) is 13.8 Å². The quantitative estimate of drug-likeness (QED) is 0.781. The lowest BCUT2D eigenvalue weighted by molar-refractivity contribution is 0.392. The average Bonchev–Trinajstić information content (AvgIpc) is 2.26. The molecule has 0 saturated heterocycles. The Morgan fingerprint density at radius 1 is 1.30 bits per heavy atom. The molecule has 114 valence electrons.